The number of nitrogens with two attached hydrogens (primary N) is 1. The van der Waals surface area contributed by atoms with Crippen LogP contribution in [-0.4, -0.2) is 124 Å². The summed E-state index contributed by atoms with van der Waals surface area (Å²) >= 11 is 5.65. The van der Waals surface area contributed by atoms with Gasteiger partial charge in [-0.2, -0.15) is 4.98 Å². The van der Waals surface area contributed by atoms with E-state index in [-0.39, 0.29) is 134 Å². The number of nitrogen functional groups attached to an aromatic ring is 1. The molecule has 7 aromatic rings. The molecule has 0 bridgehead atoms. The van der Waals surface area contributed by atoms with Crippen LogP contribution in [-0.2, 0) is 71.1 Å². The molecule has 2 amide bonds. The van der Waals surface area contributed by atoms with Crippen molar-refractivity contribution in [3.63, 3.8) is 0 Å². The van der Waals surface area contributed by atoms with Gasteiger partial charge in [-0.05, 0) is 97.0 Å². The number of aromatic amines is 1. The zero-order valence-electron chi connectivity index (χ0n) is 48.2. The topological polar surface area (TPSA) is 388 Å². The minimum atomic E-state index is -1.65. The summed E-state index contributed by atoms with van der Waals surface area (Å²) < 4.78 is 43.7. The molecular formula is C61H58N10O18S. The number of hydrogen-bond acceptors (Lipinski definition) is 23. The Morgan fingerprint density at radius 2 is 1.26 bits per heavy atom. The number of carboxylic acids is 1. The summed E-state index contributed by atoms with van der Waals surface area (Å²) in [5.74, 6) is -5.64. The molecule has 0 aliphatic carbocycles. The van der Waals surface area contributed by atoms with Gasteiger partial charge in [0.1, 0.15) is 42.3 Å². The number of carbonyl (C=O) groups is 8. The first-order chi connectivity index (χ1) is 43.4. The molecule has 0 saturated carbocycles. The molecule has 2 aliphatic rings. The van der Waals surface area contributed by atoms with E-state index in [1.54, 1.807) is 66.7 Å². The van der Waals surface area contributed by atoms with Crippen LogP contribution in [0.25, 0.3) is 11.2 Å². The molecule has 2 aromatic heterocycles. The number of H-pyrrole nitrogens is 1. The second-order valence-electron chi connectivity index (χ2n) is 20.0. The molecule has 1 atom stereocenters. The molecule has 90 heavy (non-hydrogen) atoms. The van der Waals surface area contributed by atoms with Gasteiger partial charge in [-0.3, -0.25) is 38.5 Å². The minimum Gasteiger partial charge on any atom is -0.480 e. The quantitative estimate of drug-likeness (QED) is 0.0106. The van der Waals surface area contributed by atoms with Gasteiger partial charge < -0.3 is 75.3 Å². The van der Waals surface area contributed by atoms with Crippen LogP contribution in [0.2, 0.25) is 0 Å². The number of benzene rings is 5. The molecule has 1 spiro atoms. The van der Waals surface area contributed by atoms with E-state index in [0.29, 0.717) is 45.0 Å². The van der Waals surface area contributed by atoms with Crippen molar-refractivity contribution in [2.24, 2.45) is 0 Å². The summed E-state index contributed by atoms with van der Waals surface area (Å²) in [5, 5.41) is 24.5. The average Bonchev–Trinajstić information content (AvgIpc) is 1.41. The normalized spacial score (nSPS) is 12.6. The number of ether oxygens (including phenoxy) is 8. The van der Waals surface area contributed by atoms with Crippen LogP contribution in [0.1, 0.15) is 87.2 Å². The Kier molecular flexibility index (Phi) is 20.6. The average molecular weight is 1250 g/mol. The minimum absolute atomic E-state index is 0.0233. The molecule has 28 nitrogen and oxygen atoms in total. The number of fused-ring (bicyclic) bond motifs is 7. The lowest BCUT2D eigenvalue weighted by Gasteiger charge is -2.36. The number of carboxylic acid groups (broad SMARTS) is 1. The second-order valence-corrected chi connectivity index (χ2v) is 20.4. The van der Waals surface area contributed by atoms with Crippen molar-refractivity contribution in [2.75, 3.05) is 62.3 Å². The lowest BCUT2D eigenvalue weighted by atomic mass is 9.77. The van der Waals surface area contributed by atoms with Gasteiger partial charge in [0.05, 0.1) is 62.9 Å². The van der Waals surface area contributed by atoms with E-state index < -0.39 is 64.8 Å². The number of methoxy groups -OCH3 is 2. The van der Waals surface area contributed by atoms with Crippen LogP contribution in [0.15, 0.2) is 114 Å². The Morgan fingerprint density at radius 3 is 1.87 bits per heavy atom. The number of rotatable bonds is 27. The first-order valence-corrected chi connectivity index (χ1v) is 28.2. The molecule has 5 aromatic carbocycles. The van der Waals surface area contributed by atoms with Crippen molar-refractivity contribution in [1.29, 1.82) is 0 Å². The first kappa shape index (κ1) is 63.6. The van der Waals surface area contributed by atoms with Crippen molar-refractivity contribution in [3.8, 4) is 23.0 Å². The maximum atomic E-state index is 14.1. The highest BCUT2D eigenvalue weighted by Gasteiger charge is 2.54. The maximum absolute atomic E-state index is 14.1. The highest BCUT2D eigenvalue weighted by molar-refractivity contribution is 7.80. The molecule has 29 heteroatoms. The Bertz CT molecular complexity index is 3890. The predicted molar refractivity (Wildman–Crippen MR) is 322 cm³/mol. The van der Waals surface area contributed by atoms with Crippen LogP contribution < -0.4 is 52.1 Å². The number of amides is 2. The van der Waals surface area contributed by atoms with Gasteiger partial charge in [0.2, 0.25) is 11.9 Å². The van der Waals surface area contributed by atoms with Gasteiger partial charge in [-0.1, -0.05) is 18.2 Å². The number of aromatic nitrogens is 4. The van der Waals surface area contributed by atoms with E-state index in [9.17, 15) is 48.3 Å². The van der Waals surface area contributed by atoms with Gasteiger partial charge in [-0.15, -0.1) is 0 Å². The molecule has 0 saturated heterocycles. The van der Waals surface area contributed by atoms with E-state index in [1.165, 1.54) is 56.8 Å². The fraction of sp³-hybridized carbons (Fsp3) is 0.262. The largest absolute Gasteiger partial charge is 0.480 e. The summed E-state index contributed by atoms with van der Waals surface area (Å²) in [6.45, 7) is 0.714. The molecule has 0 fully saturated rings. The fourth-order valence-electron chi connectivity index (χ4n) is 9.34. The van der Waals surface area contributed by atoms with E-state index in [1.807, 2.05) is 0 Å². The zero-order chi connectivity index (χ0) is 63.9. The fourth-order valence-corrected chi connectivity index (χ4v) is 9.58. The predicted octanol–water partition coefficient (Wildman–Crippen LogP) is 5.31. The highest BCUT2D eigenvalue weighted by atomic mass is 32.1. The standard InChI is InChI=1S/C61H58N10O18S/c1-82-23-25-84-49(73)19-21-51(75)86-39-12-15-43-46(28-39)88-47-29-40(87-52(76)22-20-50(74)85-26-24-83-2)13-16-44(47)61(43)42-14-11-37(27-41(42)58(81)89-61)68-60(90)67-36-7-3-33(4-8-36)30-64-48(72)18-17-45(57(79)80)69-55(77)34-5-9-35(10-6-34)63-31-38-32-65-54-53(66-38)56(78)71-59(62)70-54/h3-16,27-29,32,45,63H,17-26,30-31H2,1-2H3,(H,64,72)(H,69,77)(H,79,80)(H2,67,68,90)(H3,62,65,70,71,78). The van der Waals surface area contributed by atoms with E-state index in [4.69, 9.17) is 55.8 Å². The van der Waals surface area contributed by atoms with Gasteiger partial charge in [0.15, 0.2) is 21.9 Å². The molecule has 0 radical (unpaired) electrons. The number of aliphatic carboxylic acids is 1. The van der Waals surface area contributed by atoms with Crippen LogP contribution in [0, 0.1) is 0 Å². The lowest BCUT2D eigenvalue weighted by molar-refractivity contribution is -0.148. The van der Waals surface area contributed by atoms with Gasteiger partial charge in [0, 0.05) is 78.6 Å². The molecule has 2 aliphatic heterocycles. The summed E-state index contributed by atoms with van der Waals surface area (Å²) in [4.78, 5) is 129. The van der Waals surface area contributed by atoms with Crippen LogP contribution in [0.3, 0.4) is 0 Å². The first-order valence-electron chi connectivity index (χ1n) is 27.8. The number of anilines is 4. The van der Waals surface area contributed by atoms with Gasteiger partial charge in [-0.25, -0.2) is 19.6 Å². The van der Waals surface area contributed by atoms with Crippen molar-refractivity contribution >= 4 is 99.1 Å². The number of carbonyl (C=O) groups excluding carboxylic acids is 7. The number of nitrogens with one attached hydrogen (secondary N) is 6. The highest BCUT2D eigenvalue weighted by Crippen LogP contribution is 2.57. The van der Waals surface area contributed by atoms with Crippen LogP contribution in [0.4, 0.5) is 23.0 Å². The molecule has 4 heterocycles. The SMILES string of the molecule is COCCOC(=O)CCC(=O)Oc1ccc2c(c1)Oc1cc(OC(=O)CCC(=O)OCCOC)ccc1C21OC(=O)c2cc(NC(=S)Nc3ccc(CNC(=O)CCC(NC(=O)c4ccc(NCc5cnc6nc(N)[nH]c(=O)c6n5)cc4)C(=O)O)cc3)ccc21. The zero-order valence-corrected chi connectivity index (χ0v) is 49.0. The summed E-state index contributed by atoms with van der Waals surface area (Å²) in [6.07, 6.45) is -0.0415. The smallest absolute Gasteiger partial charge is 0.340 e. The maximum Gasteiger partial charge on any atom is 0.340 e. The number of hydrogen-bond donors (Lipinski definition) is 8. The Hall–Kier alpha value is -10.9. The van der Waals surface area contributed by atoms with Crippen molar-refractivity contribution in [1.82, 2.24) is 30.6 Å². The molecule has 9 rings (SSSR count). The Balaban J connectivity index is 0.790. The third kappa shape index (κ3) is 16.0. The van der Waals surface area contributed by atoms with Gasteiger partial charge in [0.25, 0.3) is 11.5 Å². The van der Waals surface area contributed by atoms with Gasteiger partial charge >= 0.3 is 35.8 Å². The lowest BCUT2D eigenvalue weighted by Crippen LogP contribution is -2.41. The third-order valence-corrected chi connectivity index (χ3v) is 13.9. The molecule has 9 N–H and O–H groups in total. The Labute approximate surface area is 516 Å². The molecular weight excluding hydrogens is 1190 g/mol. The van der Waals surface area contributed by atoms with Crippen LogP contribution in [0.5, 0.6) is 23.0 Å². The van der Waals surface area contributed by atoms with Crippen molar-refractivity contribution in [2.45, 2.75) is 63.3 Å². The van der Waals surface area contributed by atoms with E-state index >= 15 is 0 Å². The summed E-state index contributed by atoms with van der Waals surface area (Å²) in [7, 11) is 2.91. The number of nitrogens with zero attached hydrogens (tertiary/aromatic N) is 3. The monoisotopic (exact) mass is 1250 g/mol. The molecule has 1 unspecified atom stereocenters. The van der Waals surface area contributed by atoms with Crippen molar-refractivity contribution in [3.05, 3.63) is 159 Å². The number of esters is 5. The van der Waals surface area contributed by atoms with Crippen molar-refractivity contribution < 1.29 is 81.4 Å². The summed E-state index contributed by atoms with van der Waals surface area (Å²) in [6, 6.07) is 25.6. The summed E-state index contributed by atoms with van der Waals surface area (Å²) in [5.41, 5.74) is 7.67. The molecule has 466 valence electrons. The second kappa shape index (κ2) is 29.2. The van der Waals surface area contributed by atoms with Crippen LogP contribution >= 0.6 is 12.2 Å². The van der Waals surface area contributed by atoms with E-state index in [2.05, 4.69) is 46.5 Å². The third-order valence-electron chi connectivity index (χ3n) is 13.7. The van der Waals surface area contributed by atoms with E-state index in [0.717, 1.165) is 0 Å². The Morgan fingerprint density at radius 1 is 0.678 bits per heavy atom. The number of thiocarbonyl (C=S) groups is 1.